The Hall–Kier alpha value is -0.570. The molecule has 2 aliphatic rings. The first-order valence-electron chi connectivity index (χ1n) is 2.78. The predicted octanol–water partition coefficient (Wildman–Crippen LogP) is -0.726. The number of carbonyl (C=O) groups excluding carboxylic acids is 1. The summed E-state index contributed by atoms with van der Waals surface area (Å²) in [5, 5.41) is 2.68. The summed E-state index contributed by atoms with van der Waals surface area (Å²) in [6.45, 7) is 0.853. The van der Waals surface area contributed by atoms with Crippen LogP contribution < -0.4 is 5.32 Å². The van der Waals surface area contributed by atoms with Gasteiger partial charge in [-0.25, -0.2) is 0 Å². The molecule has 2 aliphatic heterocycles. The van der Waals surface area contributed by atoms with Crippen LogP contribution in [0.25, 0.3) is 0 Å². The highest BCUT2D eigenvalue weighted by molar-refractivity contribution is 5.96. The minimum absolute atomic E-state index is 0.141. The molecule has 0 aromatic heterocycles. The molecular formula is C5H7NO2. The Morgan fingerprint density at radius 1 is 1.88 bits per heavy atom. The van der Waals surface area contributed by atoms with E-state index in [0.717, 1.165) is 13.0 Å². The fraction of sp³-hybridized carbons (Fsp3) is 0.800. The molecule has 2 heterocycles. The number of carbonyl (C=O) groups is 1. The molecule has 0 bridgehead atoms. The molecule has 2 unspecified atom stereocenters. The first kappa shape index (κ1) is 4.32. The molecule has 0 spiro atoms. The van der Waals surface area contributed by atoms with Crippen LogP contribution >= 0.6 is 0 Å². The van der Waals surface area contributed by atoms with Crippen LogP contribution in [0.2, 0.25) is 0 Å². The molecule has 2 atom stereocenters. The van der Waals surface area contributed by atoms with E-state index in [-0.39, 0.29) is 11.9 Å². The first-order chi connectivity index (χ1) is 3.86. The third kappa shape index (κ3) is 0.690. The largest absolute Gasteiger partial charge is 0.373 e. The van der Waals surface area contributed by atoms with Gasteiger partial charge in [-0.05, 0) is 0 Å². The second-order valence-electron chi connectivity index (χ2n) is 2.25. The molecule has 1 amide bonds. The molecule has 0 radical (unpaired) electrons. The Bertz CT molecular complexity index is 130. The highest BCUT2D eigenvalue weighted by Gasteiger charge is 2.39. The van der Waals surface area contributed by atoms with Gasteiger partial charge in [0.05, 0.1) is 12.7 Å². The van der Waals surface area contributed by atoms with Gasteiger partial charge >= 0.3 is 0 Å². The molecule has 8 heavy (non-hydrogen) atoms. The lowest BCUT2D eigenvalue weighted by molar-refractivity contribution is -0.111. The van der Waals surface area contributed by atoms with Crippen molar-refractivity contribution in [3.63, 3.8) is 0 Å². The van der Waals surface area contributed by atoms with Gasteiger partial charge in [0.2, 0.25) is 5.91 Å². The van der Waals surface area contributed by atoms with Gasteiger partial charge in [-0.2, -0.15) is 0 Å². The van der Waals surface area contributed by atoms with Crippen molar-refractivity contribution in [3.8, 4) is 0 Å². The fourth-order valence-electron chi connectivity index (χ4n) is 0.763. The van der Waals surface area contributed by atoms with E-state index in [1.165, 1.54) is 0 Å². The van der Waals surface area contributed by atoms with Gasteiger partial charge in [0.25, 0.3) is 0 Å². The van der Waals surface area contributed by atoms with Crippen molar-refractivity contribution in [1.29, 1.82) is 0 Å². The van der Waals surface area contributed by atoms with Crippen LogP contribution in [0.1, 0.15) is 6.42 Å². The minimum Gasteiger partial charge on any atom is -0.373 e. The Morgan fingerprint density at radius 2 is 2.50 bits per heavy atom. The van der Waals surface area contributed by atoms with E-state index < -0.39 is 0 Å². The van der Waals surface area contributed by atoms with Crippen LogP contribution in [0.4, 0.5) is 0 Å². The molecule has 0 aromatic carbocycles. The maximum absolute atomic E-state index is 10.3. The monoisotopic (exact) mass is 113 g/mol. The molecule has 2 fully saturated rings. The van der Waals surface area contributed by atoms with Crippen molar-refractivity contribution in [2.24, 2.45) is 0 Å². The molecule has 3 heteroatoms. The summed E-state index contributed by atoms with van der Waals surface area (Å²) in [6, 6.07) is 0.141. The number of amides is 1. The van der Waals surface area contributed by atoms with Crippen molar-refractivity contribution < 1.29 is 9.53 Å². The topological polar surface area (TPSA) is 51.5 Å². The average molecular weight is 113 g/mol. The van der Waals surface area contributed by atoms with Crippen LogP contribution in [0.5, 0.6) is 0 Å². The Kier molecular flexibility index (Phi) is 0.663. The van der Waals surface area contributed by atoms with Gasteiger partial charge < -0.3 is 10.1 Å². The molecule has 0 saturated carbocycles. The number of rotatable bonds is 2. The highest BCUT2D eigenvalue weighted by Crippen LogP contribution is 2.19. The molecule has 3 nitrogen and oxygen atoms in total. The molecular weight excluding hydrogens is 106 g/mol. The van der Waals surface area contributed by atoms with Crippen LogP contribution in [0, 0.1) is 0 Å². The van der Waals surface area contributed by atoms with Crippen LogP contribution in [-0.4, -0.2) is 24.7 Å². The number of hydrogen-bond acceptors (Lipinski definition) is 2. The third-order valence-electron chi connectivity index (χ3n) is 1.45. The molecule has 44 valence electrons. The Balaban J connectivity index is 1.76. The van der Waals surface area contributed by atoms with Crippen LogP contribution in [0.15, 0.2) is 0 Å². The Morgan fingerprint density at radius 3 is 2.88 bits per heavy atom. The van der Waals surface area contributed by atoms with Gasteiger partial charge in [0.1, 0.15) is 6.04 Å². The maximum atomic E-state index is 10.3. The summed E-state index contributed by atoms with van der Waals surface area (Å²) in [6.07, 6.45) is 1.28. The van der Waals surface area contributed by atoms with Crippen molar-refractivity contribution in [1.82, 2.24) is 5.32 Å². The number of hydrogen-bond donors (Lipinski definition) is 1. The zero-order valence-corrected chi connectivity index (χ0v) is 4.39. The van der Waals surface area contributed by atoms with Gasteiger partial charge in [0.15, 0.2) is 0 Å². The smallest absolute Gasteiger partial charge is 0.243 e. The standard InChI is InChI=1S/C5H7NO2/c7-5-4(6-5)1-3-2-8-3/h3-4H,1-2H2,(H,6,7). The van der Waals surface area contributed by atoms with E-state index in [4.69, 9.17) is 4.74 Å². The van der Waals surface area contributed by atoms with E-state index in [9.17, 15) is 4.79 Å². The third-order valence-corrected chi connectivity index (χ3v) is 1.45. The predicted molar refractivity (Wildman–Crippen MR) is 26.3 cm³/mol. The van der Waals surface area contributed by atoms with Gasteiger partial charge in [-0.1, -0.05) is 0 Å². The summed E-state index contributed by atoms with van der Waals surface area (Å²) in [5.41, 5.74) is 0. The average Bonchev–Trinajstić information content (AvgIpc) is 2.52. The summed E-state index contributed by atoms with van der Waals surface area (Å²) in [4.78, 5) is 10.3. The zero-order valence-electron chi connectivity index (χ0n) is 4.39. The van der Waals surface area contributed by atoms with Crippen molar-refractivity contribution in [3.05, 3.63) is 0 Å². The van der Waals surface area contributed by atoms with E-state index in [1.807, 2.05) is 0 Å². The molecule has 0 aliphatic carbocycles. The van der Waals surface area contributed by atoms with Gasteiger partial charge in [0, 0.05) is 6.42 Å². The van der Waals surface area contributed by atoms with E-state index in [0.29, 0.717) is 6.10 Å². The van der Waals surface area contributed by atoms with Crippen molar-refractivity contribution >= 4 is 5.91 Å². The molecule has 1 N–H and O–H groups in total. The van der Waals surface area contributed by atoms with Gasteiger partial charge in [-0.15, -0.1) is 0 Å². The zero-order chi connectivity index (χ0) is 5.56. The van der Waals surface area contributed by atoms with E-state index >= 15 is 0 Å². The summed E-state index contributed by atoms with van der Waals surface area (Å²) >= 11 is 0. The van der Waals surface area contributed by atoms with E-state index in [1.54, 1.807) is 0 Å². The Labute approximate surface area is 47.0 Å². The molecule has 2 rings (SSSR count). The fourth-order valence-corrected chi connectivity index (χ4v) is 0.763. The summed E-state index contributed by atoms with van der Waals surface area (Å²) < 4.78 is 4.92. The second-order valence-corrected chi connectivity index (χ2v) is 2.25. The van der Waals surface area contributed by atoms with Crippen molar-refractivity contribution in [2.75, 3.05) is 6.61 Å². The second kappa shape index (κ2) is 1.23. The summed E-state index contributed by atoms with van der Waals surface area (Å²) in [7, 11) is 0. The normalized spacial score (nSPS) is 41.2. The quantitative estimate of drug-likeness (QED) is 0.480. The van der Waals surface area contributed by atoms with E-state index in [2.05, 4.69) is 5.32 Å². The highest BCUT2D eigenvalue weighted by atomic mass is 16.6. The lowest BCUT2D eigenvalue weighted by atomic mass is 10.3. The lowest BCUT2D eigenvalue weighted by Crippen LogP contribution is -1.95. The first-order valence-corrected chi connectivity index (χ1v) is 2.78. The molecule has 0 aromatic rings. The van der Waals surface area contributed by atoms with Gasteiger partial charge in [-0.3, -0.25) is 4.79 Å². The summed E-state index contributed by atoms with van der Waals surface area (Å²) in [5.74, 6) is 0.181. The maximum Gasteiger partial charge on any atom is 0.243 e. The van der Waals surface area contributed by atoms with Crippen LogP contribution in [-0.2, 0) is 9.53 Å². The van der Waals surface area contributed by atoms with Crippen LogP contribution in [0.3, 0.4) is 0 Å². The molecule has 2 saturated heterocycles. The lowest BCUT2D eigenvalue weighted by Gasteiger charge is -1.79. The number of nitrogens with one attached hydrogen (secondary N) is 1. The van der Waals surface area contributed by atoms with Crippen molar-refractivity contribution in [2.45, 2.75) is 18.6 Å². The SMILES string of the molecule is O=C1NC1CC1CO1. The number of ether oxygens (including phenoxy) is 1. The minimum atomic E-state index is 0.141. The number of epoxide rings is 1.